The fraction of sp³-hybridized carbons (Fsp3) is 0.310. The van der Waals surface area contributed by atoms with Gasteiger partial charge in [-0.1, -0.05) is 83.4 Å². The Balaban J connectivity index is 1.62. The molecule has 4 rings (SSSR count). The van der Waals surface area contributed by atoms with Crippen molar-refractivity contribution >= 4 is 27.7 Å². The first-order valence-electron chi connectivity index (χ1n) is 12.2. The molecule has 5 nitrogen and oxygen atoms in total. The van der Waals surface area contributed by atoms with Crippen LogP contribution in [0.25, 0.3) is 0 Å². The van der Waals surface area contributed by atoms with Crippen LogP contribution in [0.2, 0.25) is 0 Å². The van der Waals surface area contributed by atoms with E-state index in [2.05, 4.69) is 21.2 Å². The van der Waals surface area contributed by atoms with Gasteiger partial charge in [-0.2, -0.15) is 0 Å². The summed E-state index contributed by atoms with van der Waals surface area (Å²) in [4.78, 5) is 28.8. The molecule has 0 aliphatic heterocycles. The number of rotatable bonds is 10. The SMILES string of the molecule is O=C(NC1CCCC1)[C@H](Cc1ccccc1)N(Cc1cccc(Br)c1)C(=O)COc1ccccc1F. The summed E-state index contributed by atoms with van der Waals surface area (Å²) < 4.78 is 20.5. The lowest BCUT2D eigenvalue weighted by molar-refractivity contribution is -0.143. The maximum Gasteiger partial charge on any atom is 0.261 e. The monoisotopic (exact) mass is 552 g/mol. The average Bonchev–Trinajstić information content (AvgIpc) is 3.39. The molecule has 0 unspecified atom stereocenters. The summed E-state index contributed by atoms with van der Waals surface area (Å²) in [5.74, 6) is -1.10. The van der Waals surface area contributed by atoms with E-state index in [9.17, 15) is 14.0 Å². The Hall–Kier alpha value is -3.19. The highest BCUT2D eigenvalue weighted by Gasteiger charge is 2.32. The number of nitrogens with zero attached hydrogens (tertiary/aromatic N) is 1. The second-order valence-electron chi connectivity index (χ2n) is 9.07. The first kappa shape index (κ1) is 25.9. The molecule has 3 aromatic rings. The molecular weight excluding hydrogens is 523 g/mol. The lowest BCUT2D eigenvalue weighted by atomic mass is 10.0. The summed E-state index contributed by atoms with van der Waals surface area (Å²) in [7, 11) is 0. The highest BCUT2D eigenvalue weighted by Crippen LogP contribution is 2.22. The second-order valence-corrected chi connectivity index (χ2v) is 9.98. The molecule has 3 aromatic carbocycles. The minimum Gasteiger partial charge on any atom is -0.481 e. The van der Waals surface area contributed by atoms with Gasteiger partial charge in [0.05, 0.1) is 0 Å². The molecule has 0 aromatic heterocycles. The summed E-state index contributed by atoms with van der Waals surface area (Å²) >= 11 is 3.49. The number of ether oxygens (including phenoxy) is 1. The number of carbonyl (C=O) groups excluding carboxylic acids is 2. The topological polar surface area (TPSA) is 58.6 Å². The fourth-order valence-electron chi connectivity index (χ4n) is 4.54. The van der Waals surface area contributed by atoms with Crippen LogP contribution in [0.5, 0.6) is 5.75 Å². The van der Waals surface area contributed by atoms with Crippen LogP contribution in [0.15, 0.2) is 83.3 Å². The zero-order valence-electron chi connectivity index (χ0n) is 20.0. The molecule has 0 bridgehead atoms. The maximum absolute atomic E-state index is 14.1. The van der Waals surface area contributed by atoms with E-state index in [0.29, 0.717) is 6.42 Å². The lowest BCUT2D eigenvalue weighted by Crippen LogP contribution is -2.53. The summed E-state index contributed by atoms with van der Waals surface area (Å²) in [5, 5.41) is 3.17. The van der Waals surface area contributed by atoms with Gasteiger partial charge in [-0.25, -0.2) is 4.39 Å². The zero-order chi connectivity index (χ0) is 25.3. The minimum absolute atomic E-state index is 0.00303. The Morgan fingerprint density at radius 2 is 1.67 bits per heavy atom. The first-order valence-corrected chi connectivity index (χ1v) is 13.0. The van der Waals surface area contributed by atoms with Gasteiger partial charge in [0.1, 0.15) is 6.04 Å². The molecule has 1 fully saturated rings. The van der Waals surface area contributed by atoms with E-state index in [4.69, 9.17) is 4.74 Å². The third-order valence-electron chi connectivity index (χ3n) is 6.40. The maximum atomic E-state index is 14.1. The number of nitrogens with one attached hydrogen (secondary N) is 1. The van der Waals surface area contributed by atoms with E-state index in [0.717, 1.165) is 41.3 Å². The molecule has 1 N–H and O–H groups in total. The summed E-state index contributed by atoms with van der Waals surface area (Å²) in [6.45, 7) is -0.161. The molecule has 36 heavy (non-hydrogen) atoms. The third-order valence-corrected chi connectivity index (χ3v) is 6.90. The van der Waals surface area contributed by atoms with Crippen molar-refractivity contribution in [2.45, 2.75) is 50.7 Å². The largest absolute Gasteiger partial charge is 0.481 e. The van der Waals surface area contributed by atoms with Crippen LogP contribution in [0, 0.1) is 5.82 Å². The molecule has 0 radical (unpaired) electrons. The fourth-order valence-corrected chi connectivity index (χ4v) is 4.98. The smallest absolute Gasteiger partial charge is 0.261 e. The molecule has 1 aliphatic rings. The Kier molecular flexibility index (Phi) is 9.11. The van der Waals surface area contributed by atoms with E-state index in [-0.39, 0.29) is 36.8 Å². The Morgan fingerprint density at radius 1 is 0.972 bits per heavy atom. The summed E-state index contributed by atoms with van der Waals surface area (Å²) in [5.41, 5.74) is 1.82. The van der Waals surface area contributed by atoms with E-state index < -0.39 is 11.9 Å². The van der Waals surface area contributed by atoms with Gasteiger partial charge in [-0.15, -0.1) is 0 Å². The molecule has 1 aliphatic carbocycles. The standard InChI is InChI=1S/C29H30BrFN2O3/c30-23-12-8-11-22(17-23)19-33(28(34)20-36-27-16-7-6-15-25(27)31)26(18-21-9-2-1-3-10-21)29(35)32-24-13-4-5-14-24/h1-3,6-12,15-17,24,26H,4-5,13-14,18-20H2,(H,32,35)/t26-/m0/s1. The van der Waals surface area contributed by atoms with E-state index in [1.165, 1.54) is 12.1 Å². The highest BCUT2D eigenvalue weighted by atomic mass is 79.9. The van der Waals surface area contributed by atoms with Gasteiger partial charge in [0.25, 0.3) is 5.91 Å². The van der Waals surface area contributed by atoms with Crippen molar-refractivity contribution in [1.29, 1.82) is 0 Å². The Bertz CT molecular complexity index is 1170. The van der Waals surface area contributed by atoms with Gasteiger partial charge in [0, 0.05) is 23.5 Å². The molecule has 188 valence electrons. The van der Waals surface area contributed by atoms with Gasteiger partial charge < -0.3 is 15.0 Å². The number of amides is 2. The van der Waals surface area contributed by atoms with E-state index in [1.54, 1.807) is 17.0 Å². The number of benzene rings is 3. The molecule has 0 spiro atoms. The van der Waals surface area contributed by atoms with Gasteiger partial charge in [-0.05, 0) is 48.2 Å². The van der Waals surface area contributed by atoms with Gasteiger partial charge in [0.15, 0.2) is 18.2 Å². The molecular formula is C29H30BrFN2O3. The van der Waals surface area contributed by atoms with Crippen LogP contribution < -0.4 is 10.1 Å². The average molecular weight is 553 g/mol. The van der Waals surface area contributed by atoms with Crippen LogP contribution in [0.3, 0.4) is 0 Å². The number of halogens is 2. The van der Waals surface area contributed by atoms with Crippen molar-refractivity contribution in [1.82, 2.24) is 10.2 Å². The van der Waals surface area contributed by atoms with Crippen LogP contribution in [-0.4, -0.2) is 35.4 Å². The quantitative estimate of drug-likeness (QED) is 0.352. The van der Waals surface area contributed by atoms with Gasteiger partial charge >= 0.3 is 0 Å². The number of para-hydroxylation sites is 1. The number of hydrogen-bond donors (Lipinski definition) is 1. The number of hydrogen-bond acceptors (Lipinski definition) is 3. The van der Waals surface area contributed by atoms with Crippen molar-refractivity contribution in [3.63, 3.8) is 0 Å². The highest BCUT2D eigenvalue weighted by molar-refractivity contribution is 9.10. The van der Waals surface area contributed by atoms with Crippen molar-refractivity contribution in [3.8, 4) is 5.75 Å². The zero-order valence-corrected chi connectivity index (χ0v) is 21.6. The molecule has 1 saturated carbocycles. The lowest BCUT2D eigenvalue weighted by Gasteiger charge is -2.32. The van der Waals surface area contributed by atoms with Crippen LogP contribution >= 0.6 is 15.9 Å². The van der Waals surface area contributed by atoms with Crippen LogP contribution in [0.4, 0.5) is 4.39 Å². The summed E-state index contributed by atoms with van der Waals surface area (Å²) in [6.07, 6.45) is 4.43. The first-order chi connectivity index (χ1) is 17.5. The van der Waals surface area contributed by atoms with E-state index >= 15 is 0 Å². The predicted molar refractivity (Wildman–Crippen MR) is 141 cm³/mol. The van der Waals surface area contributed by atoms with Crippen molar-refractivity contribution in [2.24, 2.45) is 0 Å². The van der Waals surface area contributed by atoms with Gasteiger partial charge in [0.2, 0.25) is 5.91 Å². The molecule has 0 saturated heterocycles. The summed E-state index contributed by atoms with van der Waals surface area (Å²) in [6, 6.07) is 22.6. The molecule has 7 heteroatoms. The normalized spacial score (nSPS) is 14.3. The van der Waals surface area contributed by atoms with Gasteiger partial charge in [-0.3, -0.25) is 9.59 Å². The molecule has 0 heterocycles. The Morgan fingerprint density at radius 3 is 2.39 bits per heavy atom. The minimum atomic E-state index is -0.747. The Labute approximate surface area is 219 Å². The number of carbonyl (C=O) groups is 2. The third kappa shape index (κ3) is 7.17. The second kappa shape index (κ2) is 12.7. The van der Waals surface area contributed by atoms with Crippen LogP contribution in [-0.2, 0) is 22.6 Å². The predicted octanol–water partition coefficient (Wildman–Crippen LogP) is 5.67. The van der Waals surface area contributed by atoms with E-state index in [1.807, 2.05) is 54.6 Å². The van der Waals surface area contributed by atoms with Crippen LogP contribution in [0.1, 0.15) is 36.8 Å². The van der Waals surface area contributed by atoms with Crippen molar-refractivity contribution < 1.29 is 18.7 Å². The van der Waals surface area contributed by atoms with Crippen molar-refractivity contribution in [2.75, 3.05) is 6.61 Å². The van der Waals surface area contributed by atoms with Crippen molar-refractivity contribution in [3.05, 3.63) is 100 Å². The molecule has 2 amide bonds. The molecule has 1 atom stereocenters.